The Labute approximate surface area is 191 Å². The van der Waals surface area contributed by atoms with E-state index in [0.717, 1.165) is 43.3 Å². The van der Waals surface area contributed by atoms with Crippen LogP contribution in [0, 0.1) is 5.82 Å². The fraction of sp³-hybridized carbons (Fsp3) is 0.269. The number of carbonyl (C=O) groups excluding carboxylic acids is 1. The standard InChI is InChI=1S/C26H25FN4O2/c1-16-24-20(14-22(30-23(24)15-29-16)19-8-7-18(32)13-21(19)27)25(33)31-26(9-11-28-12-10-26)17-5-3-2-4-6-17/h2-8,13-14,28,32H,9-12,15H2,1H3,(H,31,33). The van der Waals surface area contributed by atoms with Crippen LogP contribution >= 0.6 is 0 Å². The predicted octanol–water partition coefficient (Wildman–Crippen LogP) is 3.92. The van der Waals surface area contributed by atoms with Gasteiger partial charge in [0.05, 0.1) is 29.0 Å². The zero-order valence-electron chi connectivity index (χ0n) is 18.4. The fourth-order valence-electron chi connectivity index (χ4n) is 4.80. The fourth-order valence-corrected chi connectivity index (χ4v) is 4.80. The summed E-state index contributed by atoms with van der Waals surface area (Å²) in [5.41, 5.74) is 3.71. The quantitative estimate of drug-likeness (QED) is 0.569. The SMILES string of the molecule is CC1=NCc2nc(-c3ccc(O)cc3F)cc(C(=O)NC3(c4ccccc4)CCNCC3)c21. The molecule has 168 valence electrons. The molecule has 0 unspecified atom stereocenters. The summed E-state index contributed by atoms with van der Waals surface area (Å²) < 4.78 is 14.6. The zero-order chi connectivity index (χ0) is 23.0. The molecule has 3 aromatic rings. The summed E-state index contributed by atoms with van der Waals surface area (Å²) in [6.07, 6.45) is 1.53. The van der Waals surface area contributed by atoms with Crippen LogP contribution in [-0.2, 0) is 12.1 Å². The van der Waals surface area contributed by atoms with Gasteiger partial charge in [-0.15, -0.1) is 0 Å². The van der Waals surface area contributed by atoms with Crippen LogP contribution in [0.25, 0.3) is 11.3 Å². The number of phenolic OH excluding ortho intramolecular Hbond substituents is 1. The van der Waals surface area contributed by atoms with Crippen molar-refractivity contribution in [3.05, 3.63) is 82.8 Å². The van der Waals surface area contributed by atoms with Crippen LogP contribution in [0.1, 0.15) is 46.9 Å². The van der Waals surface area contributed by atoms with E-state index in [4.69, 9.17) is 0 Å². The molecule has 2 aromatic carbocycles. The molecule has 0 spiro atoms. The number of carbonyl (C=O) groups is 1. The Morgan fingerprint density at radius 2 is 1.88 bits per heavy atom. The molecule has 1 amide bonds. The average molecular weight is 445 g/mol. The topological polar surface area (TPSA) is 86.6 Å². The number of piperidine rings is 1. The van der Waals surface area contributed by atoms with Crippen molar-refractivity contribution in [2.24, 2.45) is 4.99 Å². The molecule has 7 heteroatoms. The molecule has 1 aromatic heterocycles. The zero-order valence-corrected chi connectivity index (χ0v) is 18.4. The number of nitrogens with zero attached hydrogens (tertiary/aromatic N) is 2. The maximum atomic E-state index is 14.6. The number of phenols is 1. The van der Waals surface area contributed by atoms with Crippen LogP contribution in [0.2, 0.25) is 0 Å². The maximum absolute atomic E-state index is 14.6. The third-order valence-corrected chi connectivity index (χ3v) is 6.53. The van der Waals surface area contributed by atoms with E-state index in [9.17, 15) is 14.3 Å². The first kappa shape index (κ1) is 21.3. The van der Waals surface area contributed by atoms with Gasteiger partial charge in [-0.1, -0.05) is 30.3 Å². The molecule has 0 saturated carbocycles. The van der Waals surface area contributed by atoms with E-state index in [1.54, 1.807) is 6.07 Å². The molecule has 5 rings (SSSR count). The lowest BCUT2D eigenvalue weighted by Gasteiger charge is -2.39. The number of aromatic nitrogens is 1. The number of rotatable bonds is 4. The van der Waals surface area contributed by atoms with Crippen LogP contribution in [0.3, 0.4) is 0 Å². The summed E-state index contributed by atoms with van der Waals surface area (Å²) in [7, 11) is 0. The molecule has 33 heavy (non-hydrogen) atoms. The van der Waals surface area contributed by atoms with Crippen molar-refractivity contribution in [3.63, 3.8) is 0 Å². The molecule has 0 atom stereocenters. The van der Waals surface area contributed by atoms with Crippen molar-refractivity contribution in [2.75, 3.05) is 13.1 Å². The number of halogens is 1. The third kappa shape index (κ3) is 3.89. The Morgan fingerprint density at radius 3 is 2.61 bits per heavy atom. The Bertz CT molecular complexity index is 1250. The van der Waals surface area contributed by atoms with Crippen molar-refractivity contribution >= 4 is 11.6 Å². The van der Waals surface area contributed by atoms with Gasteiger partial charge >= 0.3 is 0 Å². The number of amides is 1. The van der Waals surface area contributed by atoms with E-state index in [-0.39, 0.29) is 17.2 Å². The van der Waals surface area contributed by atoms with Crippen molar-refractivity contribution in [2.45, 2.75) is 31.8 Å². The number of hydrogen-bond acceptors (Lipinski definition) is 5. The Morgan fingerprint density at radius 1 is 1.12 bits per heavy atom. The summed E-state index contributed by atoms with van der Waals surface area (Å²) in [4.78, 5) is 22.8. The Kier molecular flexibility index (Phi) is 5.42. The second-order valence-corrected chi connectivity index (χ2v) is 8.59. The first-order valence-corrected chi connectivity index (χ1v) is 11.1. The molecule has 1 saturated heterocycles. The second-order valence-electron chi connectivity index (χ2n) is 8.59. The van der Waals surface area contributed by atoms with Gasteiger partial charge in [0.25, 0.3) is 5.91 Å². The van der Waals surface area contributed by atoms with Gasteiger partial charge < -0.3 is 15.7 Å². The number of nitrogens with one attached hydrogen (secondary N) is 2. The molecular weight excluding hydrogens is 419 g/mol. The minimum absolute atomic E-state index is 0.162. The largest absolute Gasteiger partial charge is 0.508 e. The second kappa shape index (κ2) is 8.41. The normalized spacial score (nSPS) is 16.7. The first-order valence-electron chi connectivity index (χ1n) is 11.1. The number of benzene rings is 2. The summed E-state index contributed by atoms with van der Waals surface area (Å²) in [6, 6.07) is 15.6. The molecule has 0 aliphatic carbocycles. The van der Waals surface area contributed by atoms with E-state index >= 15 is 0 Å². The number of aliphatic imine (C=N–C) groups is 1. The molecule has 2 aliphatic rings. The molecule has 3 heterocycles. The van der Waals surface area contributed by atoms with E-state index in [0.29, 0.717) is 29.1 Å². The number of pyridine rings is 1. The number of hydrogen-bond donors (Lipinski definition) is 3. The third-order valence-electron chi connectivity index (χ3n) is 6.53. The summed E-state index contributed by atoms with van der Waals surface area (Å²) in [5.74, 6) is -0.981. The van der Waals surface area contributed by atoms with Crippen molar-refractivity contribution in [3.8, 4) is 17.0 Å². The Hall–Kier alpha value is -3.58. The van der Waals surface area contributed by atoms with Crippen LogP contribution in [0.15, 0.2) is 59.6 Å². The molecule has 0 bridgehead atoms. The van der Waals surface area contributed by atoms with Crippen LogP contribution in [0.5, 0.6) is 5.75 Å². The first-order chi connectivity index (χ1) is 16.0. The predicted molar refractivity (Wildman–Crippen MR) is 125 cm³/mol. The highest BCUT2D eigenvalue weighted by atomic mass is 19.1. The van der Waals surface area contributed by atoms with Gasteiger partial charge in [-0.3, -0.25) is 9.79 Å². The minimum Gasteiger partial charge on any atom is -0.508 e. The van der Waals surface area contributed by atoms with Crippen LogP contribution in [-0.4, -0.2) is 34.8 Å². The minimum atomic E-state index is -0.594. The number of fused-ring (bicyclic) bond motifs is 1. The molecule has 3 N–H and O–H groups in total. The molecule has 6 nitrogen and oxygen atoms in total. The van der Waals surface area contributed by atoms with Crippen molar-refractivity contribution < 1.29 is 14.3 Å². The van der Waals surface area contributed by atoms with Crippen LogP contribution in [0.4, 0.5) is 4.39 Å². The van der Waals surface area contributed by atoms with Gasteiger partial charge in [0, 0.05) is 22.9 Å². The highest BCUT2D eigenvalue weighted by Crippen LogP contribution is 2.33. The summed E-state index contributed by atoms with van der Waals surface area (Å²) in [6.45, 7) is 3.81. The van der Waals surface area contributed by atoms with E-state index in [2.05, 4.69) is 20.6 Å². The lowest BCUT2D eigenvalue weighted by Crippen LogP contribution is -2.52. The lowest BCUT2D eigenvalue weighted by atomic mass is 9.81. The average Bonchev–Trinajstić information content (AvgIpc) is 3.20. The highest BCUT2D eigenvalue weighted by molar-refractivity contribution is 6.12. The molecular formula is C26H25FN4O2. The van der Waals surface area contributed by atoms with E-state index in [1.165, 1.54) is 12.1 Å². The van der Waals surface area contributed by atoms with Crippen molar-refractivity contribution in [1.82, 2.24) is 15.6 Å². The van der Waals surface area contributed by atoms with E-state index < -0.39 is 11.4 Å². The van der Waals surface area contributed by atoms with Gasteiger partial charge in [-0.2, -0.15) is 0 Å². The molecule has 2 aliphatic heterocycles. The summed E-state index contributed by atoms with van der Waals surface area (Å²) in [5, 5.41) is 16.3. The smallest absolute Gasteiger partial charge is 0.252 e. The van der Waals surface area contributed by atoms with Crippen molar-refractivity contribution in [1.29, 1.82) is 0 Å². The molecule has 0 radical (unpaired) electrons. The summed E-state index contributed by atoms with van der Waals surface area (Å²) >= 11 is 0. The number of aromatic hydroxyl groups is 1. The molecule has 1 fully saturated rings. The van der Waals surface area contributed by atoms with Gasteiger partial charge in [0.1, 0.15) is 11.6 Å². The highest BCUT2D eigenvalue weighted by Gasteiger charge is 2.37. The van der Waals surface area contributed by atoms with Gasteiger partial charge in [0.15, 0.2) is 0 Å². The maximum Gasteiger partial charge on any atom is 0.252 e. The lowest BCUT2D eigenvalue weighted by molar-refractivity contribution is 0.0872. The van der Waals surface area contributed by atoms with E-state index in [1.807, 2.05) is 37.3 Å². The Balaban J connectivity index is 1.58. The van der Waals surface area contributed by atoms with Crippen LogP contribution < -0.4 is 10.6 Å². The van der Waals surface area contributed by atoms with Gasteiger partial charge in [0.2, 0.25) is 0 Å². The monoisotopic (exact) mass is 444 g/mol. The van der Waals surface area contributed by atoms with Gasteiger partial charge in [-0.25, -0.2) is 9.37 Å². The van der Waals surface area contributed by atoms with Gasteiger partial charge in [-0.05, 0) is 56.6 Å².